The fraction of sp³-hybridized carbons (Fsp3) is 0.125. The van der Waals surface area contributed by atoms with Gasteiger partial charge in [0.15, 0.2) is 0 Å². The molecule has 0 radical (unpaired) electrons. The summed E-state index contributed by atoms with van der Waals surface area (Å²) in [5, 5.41) is 14.5. The first-order valence-corrected chi connectivity index (χ1v) is 6.62. The molecule has 22 heavy (non-hydrogen) atoms. The maximum absolute atomic E-state index is 11.9. The van der Waals surface area contributed by atoms with E-state index in [2.05, 4.69) is 10.5 Å². The molecule has 0 bridgehead atoms. The van der Waals surface area contributed by atoms with Crippen LogP contribution in [-0.2, 0) is 0 Å². The Balaban J connectivity index is 2.04. The highest BCUT2D eigenvalue weighted by Crippen LogP contribution is 2.12. The summed E-state index contributed by atoms with van der Waals surface area (Å²) >= 11 is 0. The first-order chi connectivity index (χ1) is 10.5. The zero-order valence-corrected chi connectivity index (χ0v) is 12.2. The van der Waals surface area contributed by atoms with Crippen molar-refractivity contribution in [3.63, 3.8) is 0 Å². The third-order valence-electron chi connectivity index (χ3n) is 3.14. The SMILES string of the molecule is Cc1ccc(C)c(/C=N\NC(=O)c2ccc([N+](=O)[O-])cc2)c1. The first-order valence-electron chi connectivity index (χ1n) is 6.62. The van der Waals surface area contributed by atoms with Gasteiger partial charge >= 0.3 is 0 Å². The molecule has 2 rings (SSSR count). The lowest BCUT2D eigenvalue weighted by molar-refractivity contribution is -0.384. The van der Waals surface area contributed by atoms with Crippen molar-refractivity contribution in [3.8, 4) is 0 Å². The summed E-state index contributed by atoms with van der Waals surface area (Å²) in [4.78, 5) is 21.9. The van der Waals surface area contributed by atoms with Gasteiger partial charge in [-0.1, -0.05) is 23.8 Å². The lowest BCUT2D eigenvalue weighted by Gasteiger charge is -2.02. The first kappa shape index (κ1) is 15.4. The zero-order valence-electron chi connectivity index (χ0n) is 12.2. The van der Waals surface area contributed by atoms with Crippen LogP contribution < -0.4 is 5.43 Å². The fourth-order valence-corrected chi connectivity index (χ4v) is 1.86. The number of hydrazone groups is 1. The van der Waals surface area contributed by atoms with Gasteiger partial charge in [0.05, 0.1) is 11.1 Å². The van der Waals surface area contributed by atoms with Gasteiger partial charge < -0.3 is 0 Å². The van der Waals surface area contributed by atoms with Gasteiger partial charge in [-0.3, -0.25) is 14.9 Å². The Morgan fingerprint density at radius 2 is 1.86 bits per heavy atom. The molecule has 0 unspecified atom stereocenters. The van der Waals surface area contributed by atoms with Crippen LogP contribution in [0.4, 0.5) is 5.69 Å². The molecule has 2 aromatic rings. The molecule has 0 saturated heterocycles. The third-order valence-corrected chi connectivity index (χ3v) is 3.14. The van der Waals surface area contributed by atoms with E-state index in [0.29, 0.717) is 5.56 Å². The minimum Gasteiger partial charge on any atom is -0.267 e. The van der Waals surface area contributed by atoms with Gasteiger partial charge in [0.25, 0.3) is 11.6 Å². The number of aryl methyl sites for hydroxylation is 2. The molecule has 1 amide bonds. The summed E-state index contributed by atoms with van der Waals surface area (Å²) in [6.07, 6.45) is 1.58. The topological polar surface area (TPSA) is 84.6 Å². The van der Waals surface area contributed by atoms with E-state index >= 15 is 0 Å². The normalized spacial score (nSPS) is 10.6. The van der Waals surface area contributed by atoms with E-state index in [1.807, 2.05) is 32.0 Å². The van der Waals surface area contributed by atoms with Crippen molar-refractivity contribution in [2.24, 2.45) is 5.10 Å². The number of nitrogens with zero attached hydrogens (tertiary/aromatic N) is 2. The maximum Gasteiger partial charge on any atom is 0.271 e. The molecule has 112 valence electrons. The molecule has 0 aromatic heterocycles. The Bertz CT molecular complexity index is 737. The standard InChI is InChI=1S/C16H15N3O3/c1-11-3-4-12(2)14(9-11)10-17-18-16(20)13-5-7-15(8-6-13)19(21)22/h3-10H,1-2H3,(H,18,20)/b17-10-. The van der Waals surface area contributed by atoms with Crippen LogP contribution in [0.15, 0.2) is 47.6 Å². The van der Waals surface area contributed by atoms with E-state index in [1.54, 1.807) is 6.21 Å². The smallest absolute Gasteiger partial charge is 0.267 e. The molecule has 0 atom stereocenters. The fourth-order valence-electron chi connectivity index (χ4n) is 1.86. The minimum atomic E-state index is -0.514. The Morgan fingerprint density at radius 1 is 1.18 bits per heavy atom. The summed E-state index contributed by atoms with van der Waals surface area (Å²) in [5.74, 6) is -0.420. The van der Waals surface area contributed by atoms with Crippen molar-refractivity contribution in [2.45, 2.75) is 13.8 Å². The second-order valence-electron chi connectivity index (χ2n) is 4.86. The number of amides is 1. The number of nitro benzene ring substituents is 1. The molecule has 1 N–H and O–H groups in total. The van der Waals surface area contributed by atoms with E-state index in [9.17, 15) is 14.9 Å². The number of carbonyl (C=O) groups is 1. The summed E-state index contributed by atoms with van der Waals surface area (Å²) < 4.78 is 0. The minimum absolute atomic E-state index is 0.0598. The molecule has 0 fully saturated rings. The van der Waals surface area contributed by atoms with Crippen LogP contribution in [0.5, 0.6) is 0 Å². The quantitative estimate of drug-likeness (QED) is 0.535. The molecule has 0 heterocycles. The van der Waals surface area contributed by atoms with Gasteiger partial charge in [-0.05, 0) is 37.1 Å². The second-order valence-corrected chi connectivity index (χ2v) is 4.86. The lowest BCUT2D eigenvalue weighted by Crippen LogP contribution is -2.17. The van der Waals surface area contributed by atoms with Crippen molar-refractivity contribution in [1.82, 2.24) is 5.43 Å². The predicted octanol–water partition coefficient (Wildman–Crippen LogP) is 2.98. The number of carbonyl (C=O) groups excluding carboxylic acids is 1. The Hall–Kier alpha value is -3.02. The van der Waals surface area contributed by atoms with Crippen LogP contribution in [-0.4, -0.2) is 17.0 Å². The second kappa shape index (κ2) is 6.62. The van der Waals surface area contributed by atoms with E-state index in [4.69, 9.17) is 0 Å². The average Bonchev–Trinajstić information content (AvgIpc) is 2.50. The molecule has 0 aliphatic heterocycles. The van der Waals surface area contributed by atoms with Crippen LogP contribution in [0, 0.1) is 24.0 Å². The number of nitro groups is 1. The van der Waals surface area contributed by atoms with E-state index < -0.39 is 10.8 Å². The van der Waals surface area contributed by atoms with Gasteiger partial charge in [-0.2, -0.15) is 5.10 Å². The molecular weight excluding hydrogens is 282 g/mol. The van der Waals surface area contributed by atoms with Gasteiger partial charge in [0.1, 0.15) is 0 Å². The third kappa shape index (κ3) is 3.76. The van der Waals surface area contributed by atoms with Gasteiger partial charge in [0.2, 0.25) is 0 Å². The molecular formula is C16H15N3O3. The van der Waals surface area contributed by atoms with E-state index in [1.165, 1.54) is 24.3 Å². The monoisotopic (exact) mass is 297 g/mol. The van der Waals surface area contributed by atoms with Crippen LogP contribution in [0.2, 0.25) is 0 Å². The predicted molar refractivity (Wildman–Crippen MR) is 84.1 cm³/mol. The number of benzene rings is 2. The van der Waals surface area contributed by atoms with Crippen LogP contribution in [0.3, 0.4) is 0 Å². The molecule has 6 nitrogen and oxygen atoms in total. The van der Waals surface area contributed by atoms with Gasteiger partial charge in [-0.15, -0.1) is 0 Å². The number of non-ortho nitro benzene ring substituents is 1. The number of nitrogens with one attached hydrogen (secondary N) is 1. The number of rotatable bonds is 4. The van der Waals surface area contributed by atoms with Crippen molar-refractivity contribution in [3.05, 3.63) is 74.8 Å². The molecule has 0 spiro atoms. The summed E-state index contributed by atoms with van der Waals surface area (Å²) in [6, 6.07) is 11.3. The van der Waals surface area contributed by atoms with E-state index in [-0.39, 0.29) is 5.69 Å². The molecule has 0 aliphatic carbocycles. The Kier molecular flexibility index (Phi) is 4.63. The molecule has 2 aromatic carbocycles. The highest BCUT2D eigenvalue weighted by molar-refractivity contribution is 5.95. The number of hydrogen-bond donors (Lipinski definition) is 1. The molecule has 0 saturated carbocycles. The summed E-state index contributed by atoms with van der Waals surface area (Å²) in [6.45, 7) is 3.94. The summed E-state index contributed by atoms with van der Waals surface area (Å²) in [5.41, 5.74) is 5.73. The lowest BCUT2D eigenvalue weighted by atomic mass is 10.1. The Labute approximate surface area is 127 Å². The average molecular weight is 297 g/mol. The highest BCUT2D eigenvalue weighted by Gasteiger charge is 2.08. The van der Waals surface area contributed by atoms with Crippen LogP contribution in [0.1, 0.15) is 27.0 Å². The van der Waals surface area contributed by atoms with Crippen LogP contribution >= 0.6 is 0 Å². The van der Waals surface area contributed by atoms with Crippen molar-refractivity contribution in [1.29, 1.82) is 0 Å². The van der Waals surface area contributed by atoms with Crippen LogP contribution in [0.25, 0.3) is 0 Å². The maximum atomic E-state index is 11.9. The largest absolute Gasteiger partial charge is 0.271 e. The van der Waals surface area contributed by atoms with Gasteiger partial charge in [0, 0.05) is 17.7 Å². The van der Waals surface area contributed by atoms with Gasteiger partial charge in [-0.25, -0.2) is 5.43 Å². The molecule has 6 heteroatoms. The summed E-state index contributed by atoms with van der Waals surface area (Å²) in [7, 11) is 0. The van der Waals surface area contributed by atoms with Crippen molar-refractivity contribution in [2.75, 3.05) is 0 Å². The zero-order chi connectivity index (χ0) is 16.1. The van der Waals surface area contributed by atoms with E-state index in [0.717, 1.165) is 16.7 Å². The molecule has 0 aliphatic rings. The Morgan fingerprint density at radius 3 is 2.50 bits per heavy atom. The number of hydrogen-bond acceptors (Lipinski definition) is 4. The van der Waals surface area contributed by atoms with Crippen molar-refractivity contribution < 1.29 is 9.72 Å². The highest BCUT2D eigenvalue weighted by atomic mass is 16.6. The van der Waals surface area contributed by atoms with Crippen molar-refractivity contribution >= 4 is 17.8 Å².